The van der Waals surface area contributed by atoms with Crippen LogP contribution < -0.4 is 5.32 Å². The molecule has 94 valence electrons. The number of nitrogens with one attached hydrogen (secondary N) is 1. The normalized spacial score (nSPS) is 10.2. The minimum atomic E-state index is -0.569. The lowest BCUT2D eigenvalue weighted by Gasteiger charge is -2.06. The van der Waals surface area contributed by atoms with Gasteiger partial charge >= 0.3 is 0 Å². The van der Waals surface area contributed by atoms with E-state index in [9.17, 15) is 15.0 Å². The van der Waals surface area contributed by atoms with Crippen molar-refractivity contribution in [1.29, 1.82) is 0 Å². The molecule has 0 unspecified atom stereocenters. The van der Waals surface area contributed by atoms with Gasteiger partial charge in [-0.2, -0.15) is 0 Å². The maximum Gasteiger partial charge on any atom is 0.224 e. The van der Waals surface area contributed by atoms with Crippen molar-refractivity contribution < 1.29 is 20.1 Å². The molecule has 0 fully saturated rings. The van der Waals surface area contributed by atoms with Crippen molar-refractivity contribution in [3.8, 4) is 17.2 Å². The Morgan fingerprint density at radius 1 is 1.24 bits per heavy atom. The molecule has 0 aliphatic carbocycles. The van der Waals surface area contributed by atoms with Gasteiger partial charge in [-0.05, 0) is 24.1 Å². The van der Waals surface area contributed by atoms with E-state index in [1.165, 1.54) is 12.1 Å². The van der Waals surface area contributed by atoms with Crippen LogP contribution in [0.3, 0.4) is 0 Å². The molecule has 1 rings (SSSR count). The molecule has 0 saturated carbocycles. The molecule has 0 bridgehead atoms. The second-order valence-electron chi connectivity index (χ2n) is 3.86. The summed E-state index contributed by atoms with van der Waals surface area (Å²) in [6, 6.07) is 2.52. The molecular weight excluding hydrogens is 222 g/mol. The molecule has 1 amide bonds. The van der Waals surface area contributed by atoms with Crippen LogP contribution in [0.2, 0.25) is 0 Å². The lowest BCUT2D eigenvalue weighted by molar-refractivity contribution is -0.120. The number of carbonyl (C=O) groups excluding carboxylic acids is 1. The highest BCUT2D eigenvalue weighted by atomic mass is 16.3. The van der Waals surface area contributed by atoms with E-state index in [4.69, 9.17) is 5.11 Å². The van der Waals surface area contributed by atoms with Gasteiger partial charge in [0.05, 0.1) is 6.42 Å². The van der Waals surface area contributed by atoms with Crippen LogP contribution in [0.1, 0.15) is 25.3 Å². The van der Waals surface area contributed by atoms with Crippen LogP contribution in [0.5, 0.6) is 17.2 Å². The van der Waals surface area contributed by atoms with Gasteiger partial charge in [0.1, 0.15) is 0 Å². The molecule has 4 N–H and O–H groups in total. The van der Waals surface area contributed by atoms with Gasteiger partial charge in [0, 0.05) is 6.54 Å². The van der Waals surface area contributed by atoms with Gasteiger partial charge in [0.15, 0.2) is 17.2 Å². The number of phenolic OH excluding ortho intramolecular Hbond substituents is 3. The summed E-state index contributed by atoms with van der Waals surface area (Å²) in [5.74, 6) is -1.61. The fraction of sp³-hybridized carbons (Fsp3) is 0.417. The number of benzene rings is 1. The zero-order valence-corrected chi connectivity index (χ0v) is 9.73. The lowest BCUT2D eigenvalue weighted by Crippen LogP contribution is -2.25. The van der Waals surface area contributed by atoms with Crippen molar-refractivity contribution in [2.24, 2.45) is 0 Å². The number of amides is 1. The van der Waals surface area contributed by atoms with E-state index in [0.717, 1.165) is 12.8 Å². The first-order chi connectivity index (χ1) is 8.04. The highest BCUT2D eigenvalue weighted by molar-refractivity contribution is 5.79. The second kappa shape index (κ2) is 5.98. The Kier molecular flexibility index (Phi) is 4.63. The van der Waals surface area contributed by atoms with Crippen molar-refractivity contribution in [2.75, 3.05) is 6.54 Å². The standard InChI is InChI=1S/C12H17NO4/c1-2-3-4-13-11(16)7-8-5-9(14)12(17)10(15)6-8/h5-6,14-15,17H,2-4,7H2,1H3,(H,13,16). The molecule has 5 nitrogen and oxygen atoms in total. The average Bonchev–Trinajstić information content (AvgIpc) is 2.26. The van der Waals surface area contributed by atoms with Gasteiger partial charge in [0.2, 0.25) is 5.91 Å². The molecule has 17 heavy (non-hydrogen) atoms. The summed E-state index contributed by atoms with van der Waals surface area (Å²) >= 11 is 0. The molecule has 0 heterocycles. The summed E-state index contributed by atoms with van der Waals surface area (Å²) in [7, 11) is 0. The number of phenols is 3. The van der Waals surface area contributed by atoms with E-state index < -0.39 is 17.2 Å². The largest absolute Gasteiger partial charge is 0.504 e. The third-order valence-electron chi connectivity index (χ3n) is 2.35. The Bertz CT molecular complexity index is 380. The quantitative estimate of drug-likeness (QED) is 0.460. The first-order valence-electron chi connectivity index (χ1n) is 5.55. The van der Waals surface area contributed by atoms with Gasteiger partial charge < -0.3 is 20.6 Å². The number of hydrogen-bond donors (Lipinski definition) is 4. The second-order valence-corrected chi connectivity index (χ2v) is 3.86. The lowest BCUT2D eigenvalue weighted by atomic mass is 10.1. The maximum atomic E-state index is 11.5. The fourth-order valence-corrected chi connectivity index (χ4v) is 1.42. The molecule has 0 spiro atoms. The van der Waals surface area contributed by atoms with Crippen molar-refractivity contribution in [2.45, 2.75) is 26.2 Å². The van der Waals surface area contributed by atoms with Gasteiger partial charge in [0.25, 0.3) is 0 Å². The van der Waals surface area contributed by atoms with Crippen molar-refractivity contribution in [3.63, 3.8) is 0 Å². The molecule has 0 aliphatic rings. The summed E-state index contributed by atoms with van der Waals surface area (Å²) in [5.41, 5.74) is 0.451. The predicted molar refractivity (Wildman–Crippen MR) is 63.1 cm³/mol. The summed E-state index contributed by atoms with van der Waals surface area (Å²) in [5, 5.41) is 30.4. The first kappa shape index (κ1) is 13.2. The smallest absolute Gasteiger partial charge is 0.224 e. The van der Waals surface area contributed by atoms with Crippen LogP contribution in [0.4, 0.5) is 0 Å². The summed E-state index contributed by atoms with van der Waals surface area (Å²) in [6.45, 7) is 2.65. The topological polar surface area (TPSA) is 89.8 Å². The first-order valence-corrected chi connectivity index (χ1v) is 5.55. The summed E-state index contributed by atoms with van der Waals surface area (Å²) < 4.78 is 0. The van der Waals surface area contributed by atoms with E-state index in [0.29, 0.717) is 12.1 Å². The summed E-state index contributed by atoms with van der Waals surface area (Å²) in [6.07, 6.45) is 1.98. The van der Waals surface area contributed by atoms with Crippen molar-refractivity contribution in [3.05, 3.63) is 17.7 Å². The minimum absolute atomic E-state index is 0.0606. The molecule has 0 atom stereocenters. The third-order valence-corrected chi connectivity index (χ3v) is 2.35. The number of unbranched alkanes of at least 4 members (excludes halogenated alkanes) is 1. The fourth-order valence-electron chi connectivity index (χ4n) is 1.42. The number of aromatic hydroxyl groups is 3. The number of hydrogen-bond acceptors (Lipinski definition) is 4. The molecule has 1 aromatic rings. The van der Waals surface area contributed by atoms with Crippen LogP contribution >= 0.6 is 0 Å². The Hall–Kier alpha value is -1.91. The van der Waals surface area contributed by atoms with Crippen LogP contribution in [0, 0.1) is 0 Å². The van der Waals surface area contributed by atoms with Gasteiger partial charge in [-0.1, -0.05) is 13.3 Å². The zero-order chi connectivity index (χ0) is 12.8. The zero-order valence-electron chi connectivity index (χ0n) is 9.73. The maximum absolute atomic E-state index is 11.5. The Labute approximate surface area is 99.7 Å². The molecule has 0 aromatic heterocycles. The van der Waals surface area contributed by atoms with E-state index in [-0.39, 0.29) is 12.3 Å². The number of rotatable bonds is 5. The monoisotopic (exact) mass is 239 g/mol. The van der Waals surface area contributed by atoms with E-state index >= 15 is 0 Å². The van der Waals surface area contributed by atoms with Crippen molar-refractivity contribution >= 4 is 5.91 Å². The van der Waals surface area contributed by atoms with Crippen LogP contribution in [0.25, 0.3) is 0 Å². The van der Waals surface area contributed by atoms with Crippen LogP contribution in [-0.4, -0.2) is 27.8 Å². The SMILES string of the molecule is CCCCNC(=O)Cc1cc(O)c(O)c(O)c1. The van der Waals surface area contributed by atoms with E-state index in [1.54, 1.807) is 0 Å². The Morgan fingerprint density at radius 3 is 2.35 bits per heavy atom. The summed E-state index contributed by atoms with van der Waals surface area (Å²) in [4.78, 5) is 11.5. The van der Waals surface area contributed by atoms with Crippen molar-refractivity contribution in [1.82, 2.24) is 5.32 Å². The molecular formula is C12H17NO4. The Morgan fingerprint density at radius 2 is 1.82 bits per heavy atom. The third kappa shape index (κ3) is 3.86. The van der Waals surface area contributed by atoms with Crippen LogP contribution in [0.15, 0.2) is 12.1 Å². The van der Waals surface area contributed by atoms with E-state index in [1.807, 2.05) is 6.92 Å². The van der Waals surface area contributed by atoms with Crippen LogP contribution in [-0.2, 0) is 11.2 Å². The van der Waals surface area contributed by atoms with Gasteiger partial charge in [-0.25, -0.2) is 0 Å². The van der Waals surface area contributed by atoms with E-state index in [2.05, 4.69) is 5.32 Å². The number of carbonyl (C=O) groups is 1. The van der Waals surface area contributed by atoms with Gasteiger partial charge in [-0.3, -0.25) is 4.79 Å². The minimum Gasteiger partial charge on any atom is -0.504 e. The predicted octanol–water partition coefficient (Wildman–Crippen LogP) is 1.26. The molecule has 0 radical (unpaired) electrons. The molecule has 0 saturated heterocycles. The Balaban J connectivity index is 2.60. The molecule has 0 aliphatic heterocycles. The highest BCUT2D eigenvalue weighted by Crippen LogP contribution is 2.35. The highest BCUT2D eigenvalue weighted by Gasteiger charge is 2.10. The average molecular weight is 239 g/mol. The molecule has 1 aromatic carbocycles. The van der Waals surface area contributed by atoms with Gasteiger partial charge in [-0.15, -0.1) is 0 Å². The molecule has 5 heteroatoms.